The van der Waals surface area contributed by atoms with E-state index in [4.69, 9.17) is 5.73 Å². The zero-order valence-electron chi connectivity index (χ0n) is 11.2. The lowest BCUT2D eigenvalue weighted by Gasteiger charge is -2.18. The Hall–Kier alpha value is -0.290. The average molecular weight is 295 g/mol. The number of halogens is 2. The third-order valence-corrected chi connectivity index (χ3v) is 3.49. The lowest BCUT2D eigenvalue weighted by Crippen LogP contribution is -2.32. The molecule has 106 valence electrons. The standard InChI is InChI=1S/C12H22N4.2ClH/c1-8(2)11-6-16(7-12(11)13)5-10-4-9(3)14-15-10;;/h4,8,11-12H,5-7,13H2,1-3H3,(H,14,15);2*1H/t11-,12+;;/m1../s1. The third kappa shape index (κ3) is 4.12. The summed E-state index contributed by atoms with van der Waals surface area (Å²) in [5.41, 5.74) is 8.40. The third-order valence-electron chi connectivity index (χ3n) is 3.49. The summed E-state index contributed by atoms with van der Waals surface area (Å²) in [6.45, 7) is 9.56. The minimum absolute atomic E-state index is 0. The van der Waals surface area contributed by atoms with Gasteiger partial charge in [0.25, 0.3) is 0 Å². The van der Waals surface area contributed by atoms with E-state index in [1.54, 1.807) is 0 Å². The van der Waals surface area contributed by atoms with Gasteiger partial charge in [0, 0.05) is 31.4 Å². The second-order valence-corrected chi connectivity index (χ2v) is 5.31. The minimum Gasteiger partial charge on any atom is -0.326 e. The number of likely N-dealkylation sites (tertiary alicyclic amines) is 1. The van der Waals surface area contributed by atoms with Crippen LogP contribution in [0.5, 0.6) is 0 Å². The molecule has 0 unspecified atom stereocenters. The van der Waals surface area contributed by atoms with E-state index in [0.29, 0.717) is 17.9 Å². The van der Waals surface area contributed by atoms with Gasteiger partial charge in [-0.3, -0.25) is 10.00 Å². The van der Waals surface area contributed by atoms with Crippen LogP contribution in [-0.2, 0) is 6.54 Å². The van der Waals surface area contributed by atoms with Crippen LogP contribution in [0, 0.1) is 18.8 Å². The molecule has 1 aliphatic rings. The molecule has 2 atom stereocenters. The fourth-order valence-corrected chi connectivity index (χ4v) is 2.56. The molecular weight excluding hydrogens is 271 g/mol. The molecule has 1 aromatic rings. The zero-order chi connectivity index (χ0) is 11.7. The second kappa shape index (κ2) is 7.34. The topological polar surface area (TPSA) is 57.9 Å². The van der Waals surface area contributed by atoms with Crippen LogP contribution >= 0.6 is 24.8 Å². The van der Waals surface area contributed by atoms with Crippen molar-refractivity contribution in [3.8, 4) is 0 Å². The van der Waals surface area contributed by atoms with Gasteiger partial charge in [-0.2, -0.15) is 5.10 Å². The quantitative estimate of drug-likeness (QED) is 0.896. The largest absolute Gasteiger partial charge is 0.326 e. The van der Waals surface area contributed by atoms with E-state index in [1.807, 2.05) is 6.92 Å². The van der Waals surface area contributed by atoms with Gasteiger partial charge in [0.05, 0.1) is 5.69 Å². The Bertz CT molecular complexity index is 354. The molecule has 0 radical (unpaired) electrons. The molecule has 3 N–H and O–H groups in total. The summed E-state index contributed by atoms with van der Waals surface area (Å²) in [6, 6.07) is 2.42. The number of nitrogens with two attached hydrogens (primary N) is 1. The molecule has 1 aromatic heterocycles. The van der Waals surface area contributed by atoms with Gasteiger partial charge in [0.1, 0.15) is 0 Å². The highest BCUT2D eigenvalue weighted by Crippen LogP contribution is 2.23. The summed E-state index contributed by atoms with van der Waals surface area (Å²) in [5.74, 6) is 1.29. The molecule has 2 heterocycles. The lowest BCUT2D eigenvalue weighted by atomic mass is 9.92. The molecule has 0 aliphatic carbocycles. The van der Waals surface area contributed by atoms with E-state index in [-0.39, 0.29) is 24.8 Å². The number of nitrogens with one attached hydrogen (secondary N) is 1. The Morgan fingerprint density at radius 3 is 2.56 bits per heavy atom. The van der Waals surface area contributed by atoms with Crippen molar-refractivity contribution < 1.29 is 0 Å². The first-order valence-electron chi connectivity index (χ1n) is 6.05. The Morgan fingerprint density at radius 1 is 1.44 bits per heavy atom. The van der Waals surface area contributed by atoms with Gasteiger partial charge < -0.3 is 5.73 Å². The molecule has 0 aromatic carbocycles. The Labute approximate surface area is 122 Å². The van der Waals surface area contributed by atoms with Crippen LogP contribution in [0.25, 0.3) is 0 Å². The molecule has 1 aliphatic heterocycles. The highest BCUT2D eigenvalue weighted by atomic mass is 35.5. The van der Waals surface area contributed by atoms with Crippen molar-refractivity contribution in [1.82, 2.24) is 15.1 Å². The molecule has 0 amide bonds. The summed E-state index contributed by atoms with van der Waals surface area (Å²) >= 11 is 0. The first-order valence-corrected chi connectivity index (χ1v) is 6.05. The van der Waals surface area contributed by atoms with Crippen LogP contribution in [0.15, 0.2) is 6.07 Å². The Morgan fingerprint density at radius 2 is 2.11 bits per heavy atom. The smallest absolute Gasteiger partial charge is 0.0765 e. The second-order valence-electron chi connectivity index (χ2n) is 5.31. The van der Waals surface area contributed by atoms with Crippen molar-refractivity contribution in [3.05, 3.63) is 17.5 Å². The molecule has 0 saturated carbocycles. The zero-order valence-corrected chi connectivity index (χ0v) is 12.9. The van der Waals surface area contributed by atoms with Crippen molar-refractivity contribution in [2.75, 3.05) is 13.1 Å². The number of H-pyrrole nitrogens is 1. The SMILES string of the molecule is Cc1cc(CN2C[C@H](C(C)C)[C@@H](N)C2)n[nH]1.Cl.Cl. The van der Waals surface area contributed by atoms with E-state index in [1.165, 1.54) is 0 Å². The number of rotatable bonds is 3. The van der Waals surface area contributed by atoms with Crippen LogP contribution in [-0.4, -0.2) is 34.2 Å². The van der Waals surface area contributed by atoms with Crippen molar-refractivity contribution in [2.45, 2.75) is 33.4 Å². The van der Waals surface area contributed by atoms with Gasteiger partial charge in [-0.15, -0.1) is 24.8 Å². The van der Waals surface area contributed by atoms with Crippen LogP contribution < -0.4 is 5.73 Å². The van der Waals surface area contributed by atoms with Gasteiger partial charge >= 0.3 is 0 Å². The highest BCUT2D eigenvalue weighted by Gasteiger charge is 2.32. The van der Waals surface area contributed by atoms with Crippen molar-refractivity contribution in [1.29, 1.82) is 0 Å². The molecule has 2 rings (SSSR count). The summed E-state index contributed by atoms with van der Waals surface area (Å²) in [4.78, 5) is 2.41. The number of nitrogens with zero attached hydrogens (tertiary/aromatic N) is 2. The monoisotopic (exact) mass is 294 g/mol. The predicted octanol–water partition coefficient (Wildman–Crippen LogP) is 1.98. The molecule has 1 fully saturated rings. The minimum atomic E-state index is 0. The molecular formula is C12H24Cl2N4. The Kier molecular flexibility index (Phi) is 7.22. The van der Waals surface area contributed by atoms with Crippen molar-refractivity contribution in [2.24, 2.45) is 17.6 Å². The highest BCUT2D eigenvalue weighted by molar-refractivity contribution is 5.85. The van der Waals surface area contributed by atoms with Crippen LogP contribution in [0.4, 0.5) is 0 Å². The van der Waals surface area contributed by atoms with Gasteiger partial charge in [0.2, 0.25) is 0 Å². The molecule has 18 heavy (non-hydrogen) atoms. The molecule has 4 nitrogen and oxygen atoms in total. The van der Waals surface area contributed by atoms with E-state index in [9.17, 15) is 0 Å². The first kappa shape index (κ1) is 17.7. The fourth-order valence-electron chi connectivity index (χ4n) is 2.56. The number of aryl methyl sites for hydroxylation is 1. The molecule has 6 heteroatoms. The van der Waals surface area contributed by atoms with Gasteiger partial charge in [-0.1, -0.05) is 13.8 Å². The molecule has 0 bridgehead atoms. The number of hydrogen-bond donors (Lipinski definition) is 2. The lowest BCUT2D eigenvalue weighted by molar-refractivity contribution is 0.293. The van der Waals surface area contributed by atoms with E-state index < -0.39 is 0 Å². The summed E-state index contributed by atoms with van der Waals surface area (Å²) in [5, 5.41) is 7.25. The van der Waals surface area contributed by atoms with Crippen molar-refractivity contribution in [3.63, 3.8) is 0 Å². The van der Waals surface area contributed by atoms with Crippen molar-refractivity contribution >= 4 is 24.8 Å². The maximum absolute atomic E-state index is 6.16. The number of aromatic amines is 1. The van der Waals surface area contributed by atoms with E-state index in [2.05, 4.69) is 35.0 Å². The maximum atomic E-state index is 6.16. The fraction of sp³-hybridized carbons (Fsp3) is 0.750. The van der Waals surface area contributed by atoms with Gasteiger partial charge in [-0.25, -0.2) is 0 Å². The van der Waals surface area contributed by atoms with Gasteiger partial charge in [0.15, 0.2) is 0 Å². The number of aromatic nitrogens is 2. The molecule has 1 saturated heterocycles. The summed E-state index contributed by atoms with van der Waals surface area (Å²) in [6.07, 6.45) is 0. The van der Waals surface area contributed by atoms with Gasteiger partial charge in [-0.05, 0) is 24.8 Å². The summed E-state index contributed by atoms with van der Waals surface area (Å²) in [7, 11) is 0. The average Bonchev–Trinajstić information content (AvgIpc) is 2.73. The predicted molar refractivity (Wildman–Crippen MR) is 79.4 cm³/mol. The van der Waals surface area contributed by atoms with E-state index in [0.717, 1.165) is 31.0 Å². The molecule has 0 spiro atoms. The first-order chi connectivity index (χ1) is 7.56. The van der Waals surface area contributed by atoms with E-state index >= 15 is 0 Å². The normalized spacial score (nSPS) is 23.8. The summed E-state index contributed by atoms with van der Waals surface area (Å²) < 4.78 is 0. The maximum Gasteiger partial charge on any atom is 0.0765 e. The van der Waals surface area contributed by atoms with Crippen LogP contribution in [0.2, 0.25) is 0 Å². The van der Waals surface area contributed by atoms with Crippen LogP contribution in [0.1, 0.15) is 25.2 Å². The van der Waals surface area contributed by atoms with Crippen LogP contribution in [0.3, 0.4) is 0 Å². The number of hydrogen-bond acceptors (Lipinski definition) is 3. The Balaban J connectivity index is 0.00000144.